The third kappa shape index (κ3) is 3.06. The van der Waals surface area contributed by atoms with Gasteiger partial charge in [-0.05, 0) is 46.9 Å². The Morgan fingerprint density at radius 3 is 3.11 bits per heavy atom. The molecule has 2 atom stereocenters. The second kappa shape index (κ2) is 5.87. The second-order valence-electron chi connectivity index (χ2n) is 5.17. The first kappa shape index (κ1) is 12.9. The van der Waals surface area contributed by atoms with E-state index in [4.69, 9.17) is 4.74 Å². The molecule has 19 heavy (non-hydrogen) atoms. The first-order valence-corrected chi connectivity index (χ1v) is 7.70. The first-order chi connectivity index (χ1) is 9.33. The van der Waals surface area contributed by atoms with Gasteiger partial charge < -0.3 is 10.1 Å². The lowest BCUT2D eigenvalue weighted by molar-refractivity contribution is 0.0791. The van der Waals surface area contributed by atoms with Gasteiger partial charge in [0.05, 0.1) is 19.3 Å². The minimum absolute atomic E-state index is 0.318. The van der Waals surface area contributed by atoms with Gasteiger partial charge >= 0.3 is 0 Å². The molecule has 1 aliphatic rings. The summed E-state index contributed by atoms with van der Waals surface area (Å²) >= 11 is 1.76. The summed E-state index contributed by atoms with van der Waals surface area (Å²) in [6.45, 7) is 3.76. The minimum atomic E-state index is 0.318. The third-order valence-electron chi connectivity index (χ3n) is 3.58. The van der Waals surface area contributed by atoms with Gasteiger partial charge in [0, 0.05) is 6.04 Å². The number of benzene rings is 1. The van der Waals surface area contributed by atoms with Crippen LogP contribution in [-0.4, -0.2) is 12.6 Å². The van der Waals surface area contributed by atoms with E-state index in [1.54, 1.807) is 11.3 Å². The molecule has 2 heterocycles. The van der Waals surface area contributed by atoms with Gasteiger partial charge in [0.2, 0.25) is 0 Å². The molecular formula is C16H19NOS. The Bertz CT molecular complexity index is 523. The van der Waals surface area contributed by atoms with Crippen molar-refractivity contribution >= 4 is 11.3 Å². The lowest BCUT2D eigenvalue weighted by Crippen LogP contribution is -2.36. The monoisotopic (exact) mass is 273 g/mol. The van der Waals surface area contributed by atoms with Crippen molar-refractivity contribution in [2.75, 3.05) is 6.61 Å². The summed E-state index contributed by atoms with van der Waals surface area (Å²) in [5, 5.41) is 8.06. The van der Waals surface area contributed by atoms with Crippen molar-refractivity contribution in [3.05, 3.63) is 57.8 Å². The average Bonchev–Trinajstić information content (AvgIpc) is 2.92. The van der Waals surface area contributed by atoms with E-state index in [2.05, 4.69) is 53.3 Å². The van der Waals surface area contributed by atoms with Crippen molar-refractivity contribution < 1.29 is 4.74 Å². The van der Waals surface area contributed by atoms with Crippen LogP contribution in [0.5, 0.6) is 0 Å². The van der Waals surface area contributed by atoms with Crippen molar-refractivity contribution in [2.45, 2.75) is 32.0 Å². The van der Waals surface area contributed by atoms with Crippen LogP contribution in [-0.2, 0) is 17.8 Å². The molecule has 0 saturated heterocycles. The van der Waals surface area contributed by atoms with Crippen LogP contribution in [0.25, 0.3) is 0 Å². The molecular weight excluding hydrogens is 254 g/mol. The van der Waals surface area contributed by atoms with E-state index in [1.165, 1.54) is 16.7 Å². The van der Waals surface area contributed by atoms with Crippen LogP contribution in [0.1, 0.15) is 29.7 Å². The highest BCUT2D eigenvalue weighted by Crippen LogP contribution is 2.25. The Morgan fingerprint density at radius 2 is 2.26 bits per heavy atom. The molecule has 0 radical (unpaired) electrons. The number of fused-ring (bicyclic) bond motifs is 1. The zero-order valence-corrected chi connectivity index (χ0v) is 12.0. The summed E-state index contributed by atoms with van der Waals surface area (Å²) in [7, 11) is 0. The Balaban J connectivity index is 1.67. The van der Waals surface area contributed by atoms with Gasteiger partial charge in [0.1, 0.15) is 0 Å². The molecule has 3 heteroatoms. The second-order valence-corrected chi connectivity index (χ2v) is 5.95. The summed E-state index contributed by atoms with van der Waals surface area (Å²) in [5.74, 6) is 0. The van der Waals surface area contributed by atoms with Crippen LogP contribution >= 0.6 is 11.3 Å². The molecule has 0 saturated carbocycles. The predicted octanol–water partition coefficient (Wildman–Crippen LogP) is 3.54. The quantitative estimate of drug-likeness (QED) is 0.920. The van der Waals surface area contributed by atoms with Crippen LogP contribution in [0.15, 0.2) is 41.1 Å². The summed E-state index contributed by atoms with van der Waals surface area (Å²) in [5.41, 5.74) is 4.12. The van der Waals surface area contributed by atoms with E-state index in [1.807, 2.05) is 0 Å². The molecule has 0 aliphatic carbocycles. The minimum Gasteiger partial charge on any atom is -0.375 e. The number of hydrogen-bond donors (Lipinski definition) is 1. The molecule has 100 valence electrons. The summed E-state index contributed by atoms with van der Waals surface area (Å²) < 4.78 is 5.68. The highest BCUT2D eigenvalue weighted by Gasteiger charge is 2.21. The number of hydrogen-bond acceptors (Lipinski definition) is 3. The molecule has 3 rings (SSSR count). The van der Waals surface area contributed by atoms with Crippen molar-refractivity contribution in [2.24, 2.45) is 0 Å². The van der Waals surface area contributed by atoms with E-state index >= 15 is 0 Å². The number of thiophene rings is 1. The third-order valence-corrected chi connectivity index (χ3v) is 4.31. The maximum atomic E-state index is 5.68. The van der Waals surface area contributed by atoms with Gasteiger partial charge in [-0.2, -0.15) is 11.3 Å². The Morgan fingerprint density at radius 1 is 1.37 bits per heavy atom. The number of nitrogens with one attached hydrogen (secondary N) is 1. The van der Waals surface area contributed by atoms with E-state index in [0.717, 1.165) is 19.6 Å². The topological polar surface area (TPSA) is 21.3 Å². The normalized spacial score (nSPS) is 19.9. The van der Waals surface area contributed by atoms with Gasteiger partial charge in [-0.25, -0.2) is 0 Å². The fraction of sp³-hybridized carbons (Fsp3) is 0.375. The Kier molecular flexibility index (Phi) is 3.97. The highest BCUT2D eigenvalue weighted by atomic mass is 32.1. The standard InChI is InChI=1S/C16H19NOS/c1-12(8-13-6-7-19-11-13)17-16-10-18-9-14-4-2-3-5-15(14)16/h2-7,11-12,16-17H,8-10H2,1H3. The molecule has 2 aromatic rings. The SMILES string of the molecule is CC(Cc1ccsc1)NC1COCc2ccccc21. The number of ether oxygens (including phenoxy) is 1. The fourth-order valence-electron chi connectivity index (χ4n) is 2.68. The molecule has 1 aromatic carbocycles. The summed E-state index contributed by atoms with van der Waals surface area (Å²) in [4.78, 5) is 0. The van der Waals surface area contributed by atoms with Crippen molar-refractivity contribution in [1.82, 2.24) is 5.32 Å². The van der Waals surface area contributed by atoms with E-state index in [0.29, 0.717) is 12.1 Å². The lowest BCUT2D eigenvalue weighted by Gasteiger charge is -2.29. The summed E-state index contributed by atoms with van der Waals surface area (Å²) in [6, 6.07) is 11.5. The first-order valence-electron chi connectivity index (χ1n) is 6.75. The zero-order valence-electron chi connectivity index (χ0n) is 11.1. The van der Waals surface area contributed by atoms with Gasteiger partial charge in [-0.1, -0.05) is 24.3 Å². The predicted molar refractivity (Wildman–Crippen MR) is 79.5 cm³/mol. The van der Waals surface area contributed by atoms with Gasteiger partial charge in [-0.15, -0.1) is 0 Å². The Labute approximate surface area is 118 Å². The molecule has 1 N–H and O–H groups in total. The molecule has 1 aromatic heterocycles. The van der Waals surface area contributed by atoms with Crippen molar-refractivity contribution in [3.8, 4) is 0 Å². The van der Waals surface area contributed by atoms with Crippen LogP contribution in [0.2, 0.25) is 0 Å². The smallest absolute Gasteiger partial charge is 0.0721 e. The number of rotatable bonds is 4. The van der Waals surface area contributed by atoms with Gasteiger partial charge in [-0.3, -0.25) is 0 Å². The van der Waals surface area contributed by atoms with Gasteiger partial charge in [0.25, 0.3) is 0 Å². The zero-order chi connectivity index (χ0) is 13.1. The van der Waals surface area contributed by atoms with E-state index in [-0.39, 0.29) is 0 Å². The molecule has 2 unspecified atom stereocenters. The molecule has 0 amide bonds. The summed E-state index contributed by atoms with van der Waals surface area (Å²) in [6.07, 6.45) is 1.07. The molecule has 0 spiro atoms. The largest absolute Gasteiger partial charge is 0.375 e. The molecule has 0 bridgehead atoms. The van der Waals surface area contributed by atoms with Crippen LogP contribution in [0.4, 0.5) is 0 Å². The van der Waals surface area contributed by atoms with E-state index in [9.17, 15) is 0 Å². The highest BCUT2D eigenvalue weighted by molar-refractivity contribution is 7.07. The lowest BCUT2D eigenvalue weighted by atomic mass is 9.98. The molecule has 1 aliphatic heterocycles. The maximum absolute atomic E-state index is 5.68. The van der Waals surface area contributed by atoms with Crippen molar-refractivity contribution in [1.29, 1.82) is 0 Å². The van der Waals surface area contributed by atoms with Crippen LogP contribution in [0.3, 0.4) is 0 Å². The van der Waals surface area contributed by atoms with Crippen molar-refractivity contribution in [3.63, 3.8) is 0 Å². The molecule has 0 fully saturated rings. The Hall–Kier alpha value is -1.16. The van der Waals surface area contributed by atoms with Crippen LogP contribution in [0, 0.1) is 0 Å². The maximum Gasteiger partial charge on any atom is 0.0721 e. The molecule has 2 nitrogen and oxygen atoms in total. The van der Waals surface area contributed by atoms with Gasteiger partial charge in [0.15, 0.2) is 0 Å². The van der Waals surface area contributed by atoms with E-state index < -0.39 is 0 Å². The fourth-order valence-corrected chi connectivity index (χ4v) is 3.37. The average molecular weight is 273 g/mol. The van der Waals surface area contributed by atoms with Crippen LogP contribution < -0.4 is 5.32 Å².